The van der Waals surface area contributed by atoms with E-state index in [-0.39, 0.29) is 28.0 Å². The van der Waals surface area contributed by atoms with E-state index in [1.165, 1.54) is 85.6 Å². The second kappa shape index (κ2) is 11.4. The van der Waals surface area contributed by atoms with Crippen molar-refractivity contribution in [2.45, 2.75) is 43.9 Å². The highest BCUT2D eigenvalue weighted by atomic mass is 19.1. The van der Waals surface area contributed by atoms with Crippen molar-refractivity contribution in [1.82, 2.24) is 0 Å². The third-order valence-electron chi connectivity index (χ3n) is 8.75. The molecule has 0 saturated carbocycles. The number of aliphatic hydroxyl groups is 1. The number of rotatable bonds is 4. The van der Waals surface area contributed by atoms with Crippen LogP contribution >= 0.6 is 0 Å². The normalized spacial score (nSPS) is 22.2. The number of piperidine rings is 1. The molecular weight excluding hydrogens is 501 g/mol. The maximum Gasteiger partial charge on any atom is 0.122 e. The Labute approximate surface area is 226 Å². The van der Waals surface area contributed by atoms with E-state index in [9.17, 15) is 5.11 Å². The van der Waals surface area contributed by atoms with E-state index in [2.05, 4.69) is 7.05 Å². The first-order valence-electron chi connectivity index (χ1n) is 13.5. The Morgan fingerprint density at radius 2 is 0.846 bits per heavy atom. The lowest BCUT2D eigenvalue weighted by molar-refractivity contribution is -0.923. The number of fused-ring (bicyclic) bond motifs is 2. The molecule has 0 radical (unpaired) electrons. The Morgan fingerprint density at radius 3 is 1.13 bits per heavy atom. The Balaban J connectivity index is 0.000000257. The highest BCUT2D eigenvalue weighted by molar-refractivity contribution is 7.20. The Morgan fingerprint density at radius 1 is 0.564 bits per heavy atom. The molecular formula is C32H32BF4NO. The fourth-order valence-electron chi connectivity index (χ4n) is 6.86. The summed E-state index contributed by atoms with van der Waals surface area (Å²) in [4.78, 5) is 1.67. The van der Waals surface area contributed by atoms with Gasteiger partial charge < -0.3 is 10.0 Å². The van der Waals surface area contributed by atoms with Gasteiger partial charge in [-0.3, -0.25) is 0 Å². The molecule has 2 unspecified atom stereocenters. The standard InChI is InChI=1S/C24H16BF4.C8H15NO/c26-21-13-5-1-9-17(21)25(18-10-2-6-14-22(18)27,19-11-3-7-15-23(19)28)20-12-4-8-16-24(20)29;1-9-6-2-3-7(9)5-8(10)4-6/h1-16H;6-8,10H,2-5H2,1H3/q-1;/p+1. The smallest absolute Gasteiger partial charge is 0.122 e. The number of nitrogens with one attached hydrogen (secondary N) is 1. The van der Waals surface area contributed by atoms with Crippen molar-refractivity contribution in [3.8, 4) is 0 Å². The van der Waals surface area contributed by atoms with E-state index in [4.69, 9.17) is 0 Å². The Kier molecular flexibility index (Phi) is 7.92. The molecule has 2 N–H and O–H groups in total. The van der Waals surface area contributed by atoms with Crippen LogP contribution < -0.4 is 26.8 Å². The highest BCUT2D eigenvalue weighted by Gasteiger charge is 2.41. The molecule has 0 amide bonds. The molecule has 2 aliphatic rings. The van der Waals surface area contributed by atoms with Crippen LogP contribution in [0.3, 0.4) is 0 Å². The Hall–Kier alpha value is -3.42. The lowest BCUT2D eigenvalue weighted by Gasteiger charge is -2.44. The molecule has 2 atom stereocenters. The monoisotopic (exact) mass is 533 g/mol. The Bertz CT molecular complexity index is 1250. The summed E-state index contributed by atoms with van der Waals surface area (Å²) in [7, 11) is 2.27. The predicted molar refractivity (Wildman–Crippen MR) is 149 cm³/mol. The van der Waals surface area contributed by atoms with E-state index in [1.54, 1.807) is 29.2 Å². The summed E-state index contributed by atoms with van der Waals surface area (Å²) in [5.74, 6) is -2.66. The molecule has 6 rings (SSSR count). The molecule has 39 heavy (non-hydrogen) atoms. The van der Waals surface area contributed by atoms with Gasteiger partial charge in [-0.15, -0.1) is 0 Å². The summed E-state index contributed by atoms with van der Waals surface area (Å²) in [5.41, 5.74) is 0.0844. The van der Waals surface area contributed by atoms with E-state index < -0.39 is 29.4 Å². The summed E-state index contributed by atoms with van der Waals surface area (Å²) < 4.78 is 60.7. The van der Waals surface area contributed by atoms with Gasteiger partial charge in [-0.25, -0.2) is 17.6 Å². The fourth-order valence-corrected chi connectivity index (χ4v) is 6.86. The summed E-state index contributed by atoms with van der Waals surface area (Å²) in [6.45, 7) is 0. The van der Waals surface area contributed by atoms with Gasteiger partial charge in [0.25, 0.3) is 0 Å². The van der Waals surface area contributed by atoms with Crippen molar-refractivity contribution in [3.05, 3.63) is 120 Å². The van der Waals surface area contributed by atoms with Crippen LogP contribution in [0.1, 0.15) is 25.7 Å². The zero-order chi connectivity index (χ0) is 27.6. The molecule has 0 aliphatic carbocycles. The van der Waals surface area contributed by atoms with Crippen LogP contribution in [0, 0.1) is 23.3 Å². The van der Waals surface area contributed by atoms with Gasteiger partial charge in [0.15, 0.2) is 0 Å². The van der Waals surface area contributed by atoms with E-state index in [0.29, 0.717) is 0 Å². The molecule has 4 aromatic rings. The molecule has 2 aliphatic heterocycles. The van der Waals surface area contributed by atoms with Gasteiger partial charge in [-0.05, 0) is 24.3 Å². The summed E-state index contributed by atoms with van der Waals surface area (Å²) in [6.07, 6.45) is 1.97. The number of halogens is 4. The fraction of sp³-hybridized carbons (Fsp3) is 0.250. The van der Waals surface area contributed by atoms with E-state index in [0.717, 1.165) is 24.9 Å². The van der Waals surface area contributed by atoms with Crippen molar-refractivity contribution in [2.24, 2.45) is 0 Å². The average Bonchev–Trinajstić information content (AvgIpc) is 3.13. The molecule has 0 spiro atoms. The minimum absolute atomic E-state index is 0.0150. The quantitative estimate of drug-likeness (QED) is 0.306. The molecule has 7 heteroatoms. The number of quaternary nitrogens is 1. The lowest BCUT2D eigenvalue weighted by atomic mass is 9.12. The van der Waals surface area contributed by atoms with Crippen LogP contribution in [0.5, 0.6) is 0 Å². The van der Waals surface area contributed by atoms with Crippen LogP contribution in [0.4, 0.5) is 17.6 Å². The molecule has 2 saturated heterocycles. The molecule has 2 fully saturated rings. The van der Waals surface area contributed by atoms with Gasteiger partial charge in [0.05, 0.1) is 48.5 Å². The summed E-state index contributed by atoms with van der Waals surface area (Å²) in [5, 5.41) is 9.39. The van der Waals surface area contributed by atoms with Gasteiger partial charge in [0.1, 0.15) is 6.15 Å². The second-order valence-electron chi connectivity index (χ2n) is 10.8. The van der Waals surface area contributed by atoms with Crippen LogP contribution in [0.15, 0.2) is 97.1 Å². The van der Waals surface area contributed by atoms with Gasteiger partial charge in [0.2, 0.25) is 0 Å². The van der Waals surface area contributed by atoms with E-state index >= 15 is 17.6 Å². The van der Waals surface area contributed by atoms with Gasteiger partial charge in [-0.2, -0.15) is 21.9 Å². The minimum Gasteiger partial charge on any atom is -0.393 e. The first kappa shape index (κ1) is 27.2. The zero-order valence-corrected chi connectivity index (χ0v) is 21.8. The zero-order valence-electron chi connectivity index (χ0n) is 21.8. The summed E-state index contributed by atoms with van der Waals surface area (Å²) >= 11 is 0. The van der Waals surface area contributed by atoms with Crippen LogP contribution in [0.2, 0.25) is 0 Å². The second-order valence-corrected chi connectivity index (χ2v) is 10.8. The molecule has 2 heterocycles. The SMILES string of the molecule is C[NH+]1C2CCC1CC(O)C2.Fc1ccccc1[B-](c1ccccc1F)(c1ccccc1F)c1ccccc1F. The first-order valence-corrected chi connectivity index (χ1v) is 13.5. The largest absolute Gasteiger partial charge is 0.393 e. The van der Waals surface area contributed by atoms with E-state index in [1.807, 2.05) is 0 Å². The number of hydrogen-bond donors (Lipinski definition) is 2. The van der Waals surface area contributed by atoms with Crippen LogP contribution in [0.25, 0.3) is 0 Å². The maximum absolute atomic E-state index is 15.2. The highest BCUT2D eigenvalue weighted by Crippen LogP contribution is 2.22. The molecule has 4 aromatic carbocycles. The van der Waals surface area contributed by atoms with Gasteiger partial charge in [0, 0.05) is 25.7 Å². The van der Waals surface area contributed by atoms with Crippen molar-refractivity contribution in [1.29, 1.82) is 0 Å². The summed E-state index contributed by atoms with van der Waals surface area (Å²) in [6, 6.07) is 24.5. The number of hydrogen-bond acceptors (Lipinski definition) is 1. The first-order chi connectivity index (χ1) is 18.8. The molecule has 2 bridgehead atoms. The van der Waals surface area contributed by atoms with Crippen LogP contribution in [-0.2, 0) is 0 Å². The minimum atomic E-state index is -2.82. The van der Waals surface area contributed by atoms with Gasteiger partial charge >= 0.3 is 0 Å². The molecule has 0 aromatic heterocycles. The van der Waals surface area contributed by atoms with Crippen molar-refractivity contribution in [2.75, 3.05) is 7.05 Å². The molecule has 2 nitrogen and oxygen atoms in total. The van der Waals surface area contributed by atoms with Crippen molar-refractivity contribution >= 4 is 28.0 Å². The number of aliphatic hydroxyl groups excluding tert-OH is 1. The lowest BCUT2D eigenvalue weighted by Crippen LogP contribution is -3.15. The van der Waals surface area contributed by atoms with Crippen molar-refractivity contribution in [3.63, 3.8) is 0 Å². The average molecular weight is 533 g/mol. The predicted octanol–water partition coefficient (Wildman–Crippen LogP) is 2.81. The topological polar surface area (TPSA) is 24.7 Å². The third-order valence-corrected chi connectivity index (χ3v) is 8.75. The number of benzene rings is 4. The van der Waals surface area contributed by atoms with Crippen LogP contribution in [-0.4, -0.2) is 36.5 Å². The maximum atomic E-state index is 15.2. The third kappa shape index (κ3) is 5.01. The van der Waals surface area contributed by atoms with Crippen molar-refractivity contribution < 1.29 is 27.6 Å². The van der Waals surface area contributed by atoms with Gasteiger partial charge in [-0.1, -0.05) is 72.8 Å². The molecule has 202 valence electrons.